The molecule has 1 aromatic carbocycles. The van der Waals surface area contributed by atoms with E-state index in [0.717, 1.165) is 24.4 Å². The Labute approximate surface area is 191 Å². The fraction of sp³-hybridized carbons (Fsp3) is 0.280. The summed E-state index contributed by atoms with van der Waals surface area (Å²) in [6, 6.07) is 11.3. The summed E-state index contributed by atoms with van der Waals surface area (Å²) in [4.78, 5) is 26.4. The van der Waals surface area contributed by atoms with Gasteiger partial charge in [0.2, 0.25) is 5.78 Å². The Bertz CT molecular complexity index is 1100. The number of Topliss-reactive ketones (excluding diaryl/α,β-unsaturated/α-hetero) is 1. The monoisotopic (exact) mass is 455 g/mol. The number of hydrogen-bond donors (Lipinski definition) is 0. The summed E-state index contributed by atoms with van der Waals surface area (Å²) in [6.45, 7) is 4.88. The first-order chi connectivity index (χ1) is 15.4. The molecule has 3 aromatic rings. The molecular weight excluding hydrogens is 429 g/mol. The Morgan fingerprint density at radius 1 is 1.16 bits per heavy atom. The fourth-order valence-corrected chi connectivity index (χ4v) is 4.20. The van der Waals surface area contributed by atoms with Gasteiger partial charge in [-0.1, -0.05) is 18.2 Å². The van der Waals surface area contributed by atoms with Gasteiger partial charge >= 0.3 is 5.97 Å². The van der Waals surface area contributed by atoms with Gasteiger partial charge in [0.15, 0.2) is 6.61 Å². The minimum atomic E-state index is -0.598. The minimum Gasteiger partial charge on any atom is -0.454 e. The highest BCUT2D eigenvalue weighted by Gasteiger charge is 2.20. The second-order valence-corrected chi connectivity index (χ2v) is 8.32. The van der Waals surface area contributed by atoms with E-state index in [1.165, 1.54) is 23.5 Å². The molecule has 0 aliphatic carbocycles. The summed E-state index contributed by atoms with van der Waals surface area (Å²) >= 11 is 1.39. The van der Waals surface area contributed by atoms with Gasteiger partial charge in [-0.2, -0.15) is 0 Å². The number of esters is 1. The second-order valence-electron chi connectivity index (χ2n) is 7.37. The summed E-state index contributed by atoms with van der Waals surface area (Å²) in [5.41, 5.74) is 3.36. The SMILES string of the molecule is COCCCn1c(C)cc(C(=O)COC(=O)/C(=C/c2ccc(F)cc2)c2cccs2)c1C. The predicted molar refractivity (Wildman–Crippen MR) is 124 cm³/mol. The van der Waals surface area contributed by atoms with Crippen LogP contribution in [0.25, 0.3) is 11.6 Å². The molecule has 0 bridgehead atoms. The van der Waals surface area contributed by atoms with Gasteiger partial charge in [-0.15, -0.1) is 11.3 Å². The van der Waals surface area contributed by atoms with Crippen LogP contribution >= 0.6 is 11.3 Å². The maximum absolute atomic E-state index is 13.2. The number of thiophene rings is 1. The van der Waals surface area contributed by atoms with Gasteiger partial charge in [0.25, 0.3) is 0 Å². The predicted octanol–water partition coefficient (Wildman–Crippen LogP) is 5.31. The molecule has 2 heterocycles. The molecule has 2 aromatic heterocycles. The topological polar surface area (TPSA) is 57.5 Å². The average molecular weight is 456 g/mol. The molecule has 0 radical (unpaired) electrons. The van der Waals surface area contributed by atoms with Crippen LogP contribution in [0, 0.1) is 19.7 Å². The van der Waals surface area contributed by atoms with E-state index in [-0.39, 0.29) is 18.2 Å². The number of nitrogens with zero attached hydrogens (tertiary/aromatic N) is 1. The number of methoxy groups -OCH3 is 1. The van der Waals surface area contributed by atoms with Crippen LogP contribution in [0.4, 0.5) is 4.39 Å². The summed E-state index contributed by atoms with van der Waals surface area (Å²) in [6.07, 6.45) is 2.48. The second kappa shape index (κ2) is 11.0. The van der Waals surface area contributed by atoms with Crippen molar-refractivity contribution >= 4 is 34.7 Å². The van der Waals surface area contributed by atoms with Crippen LogP contribution in [0.2, 0.25) is 0 Å². The number of aromatic nitrogens is 1. The van der Waals surface area contributed by atoms with Crippen molar-refractivity contribution in [3.63, 3.8) is 0 Å². The van der Waals surface area contributed by atoms with Crippen molar-refractivity contribution in [2.45, 2.75) is 26.8 Å². The molecule has 3 rings (SSSR count). The number of carbonyl (C=O) groups is 2. The Hall–Kier alpha value is -3.03. The highest BCUT2D eigenvalue weighted by molar-refractivity contribution is 7.11. The van der Waals surface area contributed by atoms with Crippen LogP contribution in [-0.4, -0.2) is 36.6 Å². The third kappa shape index (κ3) is 5.81. The standard InChI is InChI=1S/C25H26FNO4S/c1-17-14-21(18(2)27(17)11-5-12-30-3)23(28)16-31-25(29)22(24-6-4-13-32-24)15-19-7-9-20(26)10-8-19/h4,6-10,13-15H,5,11-12,16H2,1-3H3/b22-15+. The Morgan fingerprint density at radius 2 is 1.91 bits per heavy atom. The van der Waals surface area contributed by atoms with Crippen molar-refractivity contribution < 1.29 is 23.5 Å². The van der Waals surface area contributed by atoms with Gasteiger partial charge < -0.3 is 14.0 Å². The number of benzene rings is 1. The maximum atomic E-state index is 13.2. The Balaban J connectivity index is 1.73. The van der Waals surface area contributed by atoms with E-state index in [4.69, 9.17) is 9.47 Å². The summed E-state index contributed by atoms with van der Waals surface area (Å²) in [5, 5.41) is 1.85. The summed E-state index contributed by atoms with van der Waals surface area (Å²) in [5.74, 6) is -1.21. The molecule has 0 atom stereocenters. The van der Waals surface area contributed by atoms with Crippen molar-refractivity contribution in [2.75, 3.05) is 20.3 Å². The summed E-state index contributed by atoms with van der Waals surface area (Å²) < 4.78 is 25.8. The van der Waals surface area contributed by atoms with Gasteiger partial charge in [-0.25, -0.2) is 9.18 Å². The lowest BCUT2D eigenvalue weighted by atomic mass is 10.1. The van der Waals surface area contributed by atoms with Crippen LogP contribution < -0.4 is 0 Å². The Morgan fingerprint density at radius 3 is 2.56 bits per heavy atom. The molecule has 0 amide bonds. The van der Waals surface area contributed by atoms with Crippen molar-refractivity contribution in [1.82, 2.24) is 4.57 Å². The smallest absolute Gasteiger partial charge is 0.340 e. The lowest BCUT2D eigenvalue weighted by Gasteiger charge is -2.10. The first-order valence-electron chi connectivity index (χ1n) is 10.3. The number of rotatable bonds is 10. The van der Waals surface area contributed by atoms with E-state index >= 15 is 0 Å². The molecule has 0 saturated heterocycles. The van der Waals surface area contributed by atoms with E-state index in [1.54, 1.807) is 31.4 Å². The van der Waals surface area contributed by atoms with E-state index in [9.17, 15) is 14.0 Å². The highest BCUT2D eigenvalue weighted by atomic mass is 32.1. The van der Waals surface area contributed by atoms with Crippen LogP contribution in [0.3, 0.4) is 0 Å². The van der Waals surface area contributed by atoms with Gasteiger partial charge in [0.1, 0.15) is 5.82 Å². The first-order valence-corrected chi connectivity index (χ1v) is 11.2. The van der Waals surface area contributed by atoms with Gasteiger partial charge in [-0.05, 0) is 61.6 Å². The molecule has 0 aliphatic rings. The van der Waals surface area contributed by atoms with Gasteiger partial charge in [0, 0.05) is 42.1 Å². The maximum Gasteiger partial charge on any atom is 0.340 e. The lowest BCUT2D eigenvalue weighted by Crippen LogP contribution is -2.16. The van der Waals surface area contributed by atoms with Crippen molar-refractivity contribution in [3.8, 4) is 0 Å². The van der Waals surface area contributed by atoms with E-state index in [2.05, 4.69) is 4.57 Å². The molecule has 0 spiro atoms. The summed E-state index contributed by atoms with van der Waals surface area (Å²) in [7, 11) is 1.66. The quantitative estimate of drug-likeness (QED) is 0.180. The zero-order valence-electron chi connectivity index (χ0n) is 18.4. The normalized spacial score (nSPS) is 11.6. The van der Waals surface area contributed by atoms with E-state index in [0.29, 0.717) is 28.2 Å². The molecule has 0 N–H and O–H groups in total. The molecule has 5 nitrogen and oxygen atoms in total. The number of hydrogen-bond acceptors (Lipinski definition) is 5. The van der Waals surface area contributed by atoms with E-state index in [1.807, 2.05) is 31.4 Å². The van der Waals surface area contributed by atoms with Crippen molar-refractivity contribution in [2.24, 2.45) is 0 Å². The molecule has 7 heteroatoms. The zero-order valence-corrected chi connectivity index (χ0v) is 19.2. The van der Waals surface area contributed by atoms with E-state index < -0.39 is 5.97 Å². The fourth-order valence-electron chi connectivity index (χ4n) is 3.47. The molecule has 0 unspecified atom stereocenters. The Kier molecular flexibility index (Phi) is 8.14. The zero-order chi connectivity index (χ0) is 23.1. The number of ketones is 1. The number of ether oxygens (including phenoxy) is 2. The van der Waals surface area contributed by atoms with Crippen LogP contribution in [0.5, 0.6) is 0 Å². The molecular formula is C25H26FNO4S. The largest absolute Gasteiger partial charge is 0.454 e. The molecule has 0 saturated carbocycles. The third-order valence-electron chi connectivity index (χ3n) is 5.13. The van der Waals surface area contributed by atoms with Gasteiger partial charge in [-0.3, -0.25) is 4.79 Å². The molecule has 0 aliphatic heterocycles. The molecule has 168 valence electrons. The number of carbonyl (C=O) groups excluding carboxylic acids is 2. The molecule has 0 fully saturated rings. The average Bonchev–Trinajstić information content (AvgIpc) is 3.41. The van der Waals surface area contributed by atoms with Crippen LogP contribution in [0.1, 0.15) is 38.6 Å². The number of halogens is 1. The lowest BCUT2D eigenvalue weighted by molar-refractivity contribution is -0.135. The third-order valence-corrected chi connectivity index (χ3v) is 6.03. The first kappa shape index (κ1) is 23.6. The molecule has 32 heavy (non-hydrogen) atoms. The highest BCUT2D eigenvalue weighted by Crippen LogP contribution is 2.25. The minimum absolute atomic E-state index is 0.253. The van der Waals surface area contributed by atoms with Crippen LogP contribution in [0.15, 0.2) is 47.8 Å². The van der Waals surface area contributed by atoms with Gasteiger partial charge in [0.05, 0.1) is 5.57 Å². The number of aryl methyl sites for hydroxylation is 1. The van der Waals surface area contributed by atoms with Crippen molar-refractivity contribution in [3.05, 3.63) is 81.1 Å². The van der Waals surface area contributed by atoms with Crippen molar-refractivity contribution in [1.29, 1.82) is 0 Å². The van der Waals surface area contributed by atoms with Crippen LogP contribution in [-0.2, 0) is 20.8 Å².